The summed E-state index contributed by atoms with van der Waals surface area (Å²) in [6, 6.07) is 0.370. The molecule has 3 saturated heterocycles. The average molecular weight is 444 g/mol. The number of morpholine rings is 1. The zero-order valence-electron chi connectivity index (χ0n) is 19.8. The highest BCUT2D eigenvalue weighted by atomic mass is 16.5. The van der Waals surface area contributed by atoms with Crippen molar-refractivity contribution in [2.24, 2.45) is 23.2 Å². The van der Waals surface area contributed by atoms with Crippen molar-refractivity contribution in [2.45, 2.75) is 89.3 Å². The van der Waals surface area contributed by atoms with Gasteiger partial charge in [0.25, 0.3) is 0 Å². The van der Waals surface area contributed by atoms with E-state index in [1.165, 1.54) is 19.3 Å². The molecule has 7 fully saturated rings. The summed E-state index contributed by atoms with van der Waals surface area (Å²) < 4.78 is 5.70. The molecule has 0 radical (unpaired) electrons. The number of carbonyl (C=O) groups excluding carboxylic acids is 2. The van der Waals surface area contributed by atoms with Gasteiger partial charge in [0.2, 0.25) is 11.8 Å². The Hall–Kier alpha value is -1.14. The van der Waals surface area contributed by atoms with E-state index in [4.69, 9.17) is 4.74 Å². The molecule has 3 aliphatic heterocycles. The second-order valence-electron chi connectivity index (χ2n) is 12.1. The zero-order valence-corrected chi connectivity index (χ0v) is 19.8. The van der Waals surface area contributed by atoms with Crippen LogP contribution in [0.3, 0.4) is 0 Å². The van der Waals surface area contributed by atoms with E-state index in [1.807, 2.05) is 4.90 Å². The molecule has 4 saturated carbocycles. The Balaban J connectivity index is 1.09. The molecule has 4 aliphatic carbocycles. The molecule has 178 valence electrons. The minimum absolute atomic E-state index is 0.127. The summed E-state index contributed by atoms with van der Waals surface area (Å²) in [5.74, 6) is 2.88. The summed E-state index contributed by atoms with van der Waals surface area (Å²) in [6.45, 7) is 7.47. The van der Waals surface area contributed by atoms with Crippen LogP contribution in [-0.4, -0.2) is 84.0 Å². The number of ether oxygens (including phenoxy) is 1. The van der Waals surface area contributed by atoms with Crippen LogP contribution in [0.1, 0.15) is 71.1 Å². The third kappa shape index (κ3) is 3.70. The molecule has 6 heteroatoms. The molecule has 7 aliphatic rings. The summed E-state index contributed by atoms with van der Waals surface area (Å²) in [7, 11) is 0. The molecule has 3 heterocycles. The number of hydrogen-bond acceptors (Lipinski definition) is 4. The lowest BCUT2D eigenvalue weighted by Crippen LogP contribution is -2.58. The van der Waals surface area contributed by atoms with Gasteiger partial charge in [-0.2, -0.15) is 0 Å². The molecule has 7 rings (SSSR count). The minimum Gasteiger partial charge on any atom is -0.376 e. The Labute approximate surface area is 193 Å². The molecule has 4 bridgehead atoms. The first-order valence-corrected chi connectivity index (χ1v) is 13.5. The number of amides is 2. The summed E-state index contributed by atoms with van der Waals surface area (Å²) in [6.07, 6.45) is 11.6. The number of piperidine rings is 1. The second-order valence-corrected chi connectivity index (χ2v) is 12.1. The van der Waals surface area contributed by atoms with E-state index in [0.29, 0.717) is 18.1 Å². The van der Waals surface area contributed by atoms with Crippen LogP contribution in [0.4, 0.5) is 0 Å². The topological polar surface area (TPSA) is 53.1 Å². The van der Waals surface area contributed by atoms with Crippen LogP contribution in [-0.2, 0) is 14.3 Å². The zero-order chi connectivity index (χ0) is 21.9. The molecule has 32 heavy (non-hydrogen) atoms. The molecule has 0 aromatic carbocycles. The van der Waals surface area contributed by atoms with Gasteiger partial charge in [0.05, 0.1) is 18.1 Å². The number of rotatable bonds is 3. The Morgan fingerprint density at radius 3 is 2.16 bits per heavy atom. The van der Waals surface area contributed by atoms with E-state index in [2.05, 4.69) is 16.7 Å². The van der Waals surface area contributed by atoms with E-state index in [9.17, 15) is 9.59 Å². The number of nitrogens with zero attached hydrogens (tertiary/aromatic N) is 3. The van der Waals surface area contributed by atoms with Gasteiger partial charge in [-0.05, 0) is 88.9 Å². The Morgan fingerprint density at radius 1 is 0.875 bits per heavy atom. The molecular weight excluding hydrogens is 402 g/mol. The number of carbonyl (C=O) groups is 2. The van der Waals surface area contributed by atoms with Gasteiger partial charge in [-0.3, -0.25) is 14.5 Å². The van der Waals surface area contributed by atoms with Crippen LogP contribution < -0.4 is 0 Å². The maximum atomic E-state index is 13.9. The highest BCUT2D eigenvalue weighted by molar-refractivity contribution is 5.91. The van der Waals surface area contributed by atoms with Crippen molar-refractivity contribution in [2.75, 3.05) is 39.3 Å². The van der Waals surface area contributed by atoms with Crippen molar-refractivity contribution < 1.29 is 14.3 Å². The largest absolute Gasteiger partial charge is 0.376 e. The van der Waals surface area contributed by atoms with E-state index in [0.717, 1.165) is 102 Å². The second kappa shape index (κ2) is 8.26. The molecule has 2 atom stereocenters. The fraction of sp³-hybridized carbons (Fsp3) is 0.923. The van der Waals surface area contributed by atoms with Crippen LogP contribution in [0.15, 0.2) is 0 Å². The van der Waals surface area contributed by atoms with Gasteiger partial charge >= 0.3 is 0 Å². The van der Waals surface area contributed by atoms with Crippen molar-refractivity contribution in [3.8, 4) is 0 Å². The Kier molecular flexibility index (Phi) is 5.53. The third-order valence-corrected chi connectivity index (χ3v) is 9.86. The van der Waals surface area contributed by atoms with E-state index in [-0.39, 0.29) is 17.4 Å². The smallest absolute Gasteiger partial charge is 0.245 e. The summed E-state index contributed by atoms with van der Waals surface area (Å²) in [4.78, 5) is 34.2. The lowest BCUT2D eigenvalue weighted by molar-refractivity contribution is -0.162. The molecule has 0 N–H and O–H groups in total. The lowest BCUT2D eigenvalue weighted by atomic mass is 9.49. The van der Waals surface area contributed by atoms with Crippen LogP contribution in [0.5, 0.6) is 0 Å². The van der Waals surface area contributed by atoms with Gasteiger partial charge in [0, 0.05) is 38.8 Å². The van der Waals surface area contributed by atoms with Crippen molar-refractivity contribution >= 4 is 11.8 Å². The van der Waals surface area contributed by atoms with Crippen molar-refractivity contribution in [1.82, 2.24) is 14.7 Å². The molecule has 0 spiro atoms. The number of hydrogen-bond donors (Lipinski definition) is 0. The Morgan fingerprint density at radius 2 is 1.53 bits per heavy atom. The fourth-order valence-corrected chi connectivity index (χ4v) is 8.78. The summed E-state index contributed by atoms with van der Waals surface area (Å²) >= 11 is 0. The van der Waals surface area contributed by atoms with Gasteiger partial charge in [-0.1, -0.05) is 0 Å². The van der Waals surface area contributed by atoms with Crippen molar-refractivity contribution in [1.29, 1.82) is 0 Å². The third-order valence-electron chi connectivity index (χ3n) is 9.86. The molecule has 0 aromatic rings. The normalized spacial score (nSPS) is 42.6. The molecule has 0 aromatic heterocycles. The first kappa shape index (κ1) is 21.4. The maximum Gasteiger partial charge on any atom is 0.245 e. The fourth-order valence-electron chi connectivity index (χ4n) is 8.78. The van der Waals surface area contributed by atoms with Gasteiger partial charge in [-0.25, -0.2) is 0 Å². The van der Waals surface area contributed by atoms with Gasteiger partial charge in [0.15, 0.2) is 0 Å². The van der Waals surface area contributed by atoms with Crippen LogP contribution in [0.2, 0.25) is 0 Å². The monoisotopic (exact) mass is 443 g/mol. The van der Waals surface area contributed by atoms with Crippen LogP contribution >= 0.6 is 0 Å². The molecule has 6 nitrogen and oxygen atoms in total. The summed E-state index contributed by atoms with van der Waals surface area (Å²) in [5.41, 5.74) is -0.127. The van der Waals surface area contributed by atoms with Crippen molar-refractivity contribution in [3.63, 3.8) is 0 Å². The number of likely N-dealkylation sites (tertiary alicyclic amines) is 2. The highest BCUT2D eigenvalue weighted by Crippen LogP contribution is 2.60. The van der Waals surface area contributed by atoms with E-state index < -0.39 is 0 Å². The SMILES string of the molecule is C[C@H]1CN(C2CCN(C(=O)[C@H]3CCCN3C(=O)C34CC5CC(CC(C5)C3)C4)CC2)CCO1. The predicted octanol–water partition coefficient (Wildman–Crippen LogP) is 2.91. The highest BCUT2D eigenvalue weighted by Gasteiger charge is 2.57. The Bertz CT molecular complexity index is 711. The van der Waals surface area contributed by atoms with Crippen molar-refractivity contribution in [3.05, 3.63) is 0 Å². The first-order valence-electron chi connectivity index (χ1n) is 13.5. The maximum absolute atomic E-state index is 13.9. The van der Waals surface area contributed by atoms with E-state index in [1.54, 1.807) is 0 Å². The van der Waals surface area contributed by atoms with Crippen LogP contribution in [0, 0.1) is 23.2 Å². The minimum atomic E-state index is -0.199. The average Bonchev–Trinajstić information content (AvgIpc) is 3.27. The quantitative estimate of drug-likeness (QED) is 0.673. The van der Waals surface area contributed by atoms with Gasteiger partial charge in [0.1, 0.15) is 6.04 Å². The summed E-state index contributed by atoms with van der Waals surface area (Å²) in [5, 5.41) is 0. The molecule has 0 unspecified atom stereocenters. The standard InChI is InChI=1S/C26H41N3O3/c1-18-17-28(9-10-32-18)22-4-7-27(8-5-22)24(30)23-3-2-6-29(23)25(31)26-14-19-11-20(15-26)13-21(12-19)16-26/h18-23H,2-17H2,1H3/t18-,19?,20?,21?,23+,26?/m0/s1. The lowest BCUT2D eigenvalue weighted by Gasteiger charge is -2.56. The predicted molar refractivity (Wildman–Crippen MR) is 122 cm³/mol. The molecule has 2 amide bonds. The molecular formula is C26H41N3O3. The van der Waals surface area contributed by atoms with Gasteiger partial charge < -0.3 is 14.5 Å². The first-order chi connectivity index (χ1) is 15.5. The van der Waals surface area contributed by atoms with Crippen LogP contribution in [0.25, 0.3) is 0 Å². The van der Waals surface area contributed by atoms with E-state index >= 15 is 0 Å². The van der Waals surface area contributed by atoms with Gasteiger partial charge in [-0.15, -0.1) is 0 Å².